The van der Waals surface area contributed by atoms with Crippen molar-refractivity contribution in [2.75, 3.05) is 13.6 Å². The second-order valence-corrected chi connectivity index (χ2v) is 6.47. The van der Waals surface area contributed by atoms with Gasteiger partial charge in [-0.3, -0.25) is 4.99 Å². The summed E-state index contributed by atoms with van der Waals surface area (Å²) in [6.07, 6.45) is 7.33. The fraction of sp³-hybridized carbons (Fsp3) is 0.529. The van der Waals surface area contributed by atoms with Crippen molar-refractivity contribution in [1.82, 2.24) is 30.4 Å². The number of rotatable bonds is 5. The van der Waals surface area contributed by atoms with E-state index in [4.69, 9.17) is 11.6 Å². The molecule has 3 rings (SSSR count). The third-order valence-electron chi connectivity index (χ3n) is 4.32. The number of aromatic nitrogens is 4. The molecule has 0 amide bonds. The van der Waals surface area contributed by atoms with Crippen LogP contribution in [0.5, 0.6) is 0 Å². The minimum atomic E-state index is 0.515. The molecule has 2 N–H and O–H groups in total. The van der Waals surface area contributed by atoms with Gasteiger partial charge < -0.3 is 15.2 Å². The first-order valence-corrected chi connectivity index (χ1v) is 9.10. The number of aryl methyl sites for hydroxylation is 1. The maximum absolute atomic E-state index is 5.80. The van der Waals surface area contributed by atoms with E-state index in [1.807, 2.05) is 6.07 Å². The van der Waals surface area contributed by atoms with Crippen molar-refractivity contribution in [3.63, 3.8) is 0 Å². The van der Waals surface area contributed by atoms with Crippen LogP contribution in [0.3, 0.4) is 0 Å². The van der Waals surface area contributed by atoms with Crippen LogP contribution in [0.4, 0.5) is 0 Å². The molecule has 25 heavy (non-hydrogen) atoms. The van der Waals surface area contributed by atoms with Gasteiger partial charge in [0.1, 0.15) is 11.0 Å². The zero-order valence-corrected chi connectivity index (χ0v) is 15.3. The van der Waals surface area contributed by atoms with Crippen molar-refractivity contribution in [3.8, 4) is 0 Å². The van der Waals surface area contributed by atoms with Gasteiger partial charge in [-0.05, 0) is 30.9 Å². The number of pyridine rings is 1. The highest BCUT2D eigenvalue weighted by Gasteiger charge is 2.14. The Balaban J connectivity index is 1.48. The monoisotopic (exact) mass is 361 g/mol. The molecule has 0 saturated carbocycles. The van der Waals surface area contributed by atoms with Crippen LogP contribution in [0, 0.1) is 0 Å². The molecule has 0 bridgehead atoms. The first kappa shape index (κ1) is 17.7. The van der Waals surface area contributed by atoms with Crippen molar-refractivity contribution >= 4 is 17.6 Å². The van der Waals surface area contributed by atoms with Gasteiger partial charge in [-0.25, -0.2) is 4.98 Å². The van der Waals surface area contributed by atoms with E-state index < -0.39 is 0 Å². The van der Waals surface area contributed by atoms with Gasteiger partial charge >= 0.3 is 0 Å². The summed E-state index contributed by atoms with van der Waals surface area (Å²) in [6.45, 7) is 2.39. The summed E-state index contributed by atoms with van der Waals surface area (Å²) in [5.41, 5.74) is 1.13. The van der Waals surface area contributed by atoms with Crippen LogP contribution in [0.1, 0.15) is 36.5 Å². The standard InChI is InChI=1S/C17H24ClN7/c1-19-17(20-9-8-13-6-7-14(18)21-11-13)22-12-16-24-23-15-5-3-2-4-10-25(15)16/h6-7,11H,2-5,8-10,12H2,1H3,(H2,19,20,22). The lowest BCUT2D eigenvalue weighted by Crippen LogP contribution is -2.38. The molecule has 0 aromatic carbocycles. The van der Waals surface area contributed by atoms with Crippen LogP contribution in [0.2, 0.25) is 5.15 Å². The van der Waals surface area contributed by atoms with E-state index >= 15 is 0 Å². The molecule has 3 heterocycles. The first-order valence-electron chi connectivity index (χ1n) is 8.72. The fourth-order valence-electron chi connectivity index (χ4n) is 2.94. The molecule has 134 valence electrons. The summed E-state index contributed by atoms with van der Waals surface area (Å²) in [5.74, 6) is 2.84. The molecule has 0 spiro atoms. The molecule has 8 heteroatoms. The van der Waals surface area contributed by atoms with E-state index in [1.165, 1.54) is 19.3 Å². The van der Waals surface area contributed by atoms with Gasteiger partial charge in [-0.1, -0.05) is 24.1 Å². The van der Waals surface area contributed by atoms with Crippen LogP contribution < -0.4 is 10.6 Å². The molecule has 0 radical (unpaired) electrons. The Hall–Kier alpha value is -2.15. The quantitative estimate of drug-likeness (QED) is 0.483. The summed E-state index contributed by atoms with van der Waals surface area (Å²) in [4.78, 5) is 8.35. The molecule has 0 saturated heterocycles. The molecule has 0 aliphatic carbocycles. The van der Waals surface area contributed by atoms with E-state index in [0.717, 1.165) is 49.1 Å². The van der Waals surface area contributed by atoms with Crippen molar-refractivity contribution in [2.45, 2.75) is 45.2 Å². The van der Waals surface area contributed by atoms with Crippen LogP contribution in [-0.4, -0.2) is 39.3 Å². The largest absolute Gasteiger partial charge is 0.356 e. The highest BCUT2D eigenvalue weighted by molar-refractivity contribution is 6.29. The minimum Gasteiger partial charge on any atom is -0.356 e. The normalized spacial score (nSPS) is 14.7. The average Bonchev–Trinajstić information content (AvgIpc) is 2.86. The maximum atomic E-state index is 5.80. The lowest BCUT2D eigenvalue weighted by Gasteiger charge is -2.12. The number of hydrogen-bond donors (Lipinski definition) is 2. The van der Waals surface area contributed by atoms with Gasteiger partial charge in [-0.2, -0.15) is 0 Å². The topological polar surface area (TPSA) is 80.0 Å². The number of guanidine groups is 1. The predicted octanol–water partition coefficient (Wildman–Crippen LogP) is 1.96. The van der Waals surface area contributed by atoms with Crippen LogP contribution in [0.15, 0.2) is 23.3 Å². The summed E-state index contributed by atoms with van der Waals surface area (Å²) < 4.78 is 2.24. The zero-order chi connectivity index (χ0) is 17.5. The smallest absolute Gasteiger partial charge is 0.191 e. The molecule has 0 atom stereocenters. The summed E-state index contributed by atoms with van der Waals surface area (Å²) in [5, 5.41) is 15.8. The van der Waals surface area contributed by atoms with E-state index in [-0.39, 0.29) is 0 Å². The molecule has 0 fully saturated rings. The summed E-state index contributed by atoms with van der Waals surface area (Å²) >= 11 is 5.80. The second kappa shape index (κ2) is 8.80. The van der Waals surface area contributed by atoms with Gasteiger partial charge in [0.2, 0.25) is 0 Å². The number of hydrogen-bond acceptors (Lipinski definition) is 4. The maximum Gasteiger partial charge on any atom is 0.191 e. The molecule has 1 aliphatic rings. The molecule has 0 unspecified atom stereocenters. The minimum absolute atomic E-state index is 0.515. The van der Waals surface area contributed by atoms with Crippen molar-refractivity contribution < 1.29 is 0 Å². The highest BCUT2D eigenvalue weighted by Crippen LogP contribution is 2.14. The van der Waals surface area contributed by atoms with Gasteiger partial charge in [0, 0.05) is 32.8 Å². The lowest BCUT2D eigenvalue weighted by molar-refractivity contribution is 0.596. The third kappa shape index (κ3) is 4.92. The Morgan fingerprint density at radius 2 is 2.16 bits per heavy atom. The number of nitrogens with one attached hydrogen (secondary N) is 2. The van der Waals surface area contributed by atoms with Crippen LogP contribution >= 0.6 is 11.6 Å². The Bertz CT molecular complexity index is 708. The number of nitrogens with zero attached hydrogens (tertiary/aromatic N) is 5. The van der Waals surface area contributed by atoms with E-state index in [1.54, 1.807) is 19.3 Å². The molecule has 2 aromatic rings. The Morgan fingerprint density at radius 3 is 2.96 bits per heavy atom. The van der Waals surface area contributed by atoms with Crippen molar-refractivity contribution in [3.05, 3.63) is 40.7 Å². The molecule has 7 nitrogen and oxygen atoms in total. The van der Waals surface area contributed by atoms with E-state index in [0.29, 0.717) is 11.7 Å². The first-order chi connectivity index (χ1) is 12.3. The number of aliphatic imine (C=N–C) groups is 1. The van der Waals surface area contributed by atoms with Gasteiger partial charge in [0.25, 0.3) is 0 Å². The van der Waals surface area contributed by atoms with E-state index in [2.05, 4.69) is 35.4 Å². The SMILES string of the molecule is CN=C(NCCc1ccc(Cl)nc1)NCc1nnc2n1CCCCC2. The fourth-order valence-corrected chi connectivity index (χ4v) is 3.05. The predicted molar refractivity (Wildman–Crippen MR) is 98.7 cm³/mol. The zero-order valence-electron chi connectivity index (χ0n) is 14.5. The van der Waals surface area contributed by atoms with Crippen LogP contribution in [0.25, 0.3) is 0 Å². The Morgan fingerprint density at radius 1 is 1.24 bits per heavy atom. The van der Waals surface area contributed by atoms with Gasteiger partial charge in [0.05, 0.1) is 6.54 Å². The highest BCUT2D eigenvalue weighted by atomic mass is 35.5. The lowest BCUT2D eigenvalue weighted by atomic mass is 10.2. The third-order valence-corrected chi connectivity index (χ3v) is 4.54. The Labute approximate surface area is 152 Å². The Kier molecular flexibility index (Phi) is 6.22. The summed E-state index contributed by atoms with van der Waals surface area (Å²) in [6, 6.07) is 3.79. The number of halogens is 1. The van der Waals surface area contributed by atoms with Crippen molar-refractivity contribution in [1.29, 1.82) is 0 Å². The number of fused-ring (bicyclic) bond motifs is 1. The molecule has 1 aliphatic heterocycles. The van der Waals surface area contributed by atoms with Crippen LogP contribution in [-0.2, 0) is 25.9 Å². The molecular weight excluding hydrogens is 338 g/mol. The summed E-state index contributed by atoms with van der Waals surface area (Å²) in [7, 11) is 1.77. The van der Waals surface area contributed by atoms with Gasteiger partial charge in [0.15, 0.2) is 11.8 Å². The molecular formula is C17H24ClN7. The van der Waals surface area contributed by atoms with Gasteiger partial charge in [-0.15, -0.1) is 10.2 Å². The molecule has 2 aromatic heterocycles. The second-order valence-electron chi connectivity index (χ2n) is 6.09. The average molecular weight is 362 g/mol. The van der Waals surface area contributed by atoms with E-state index in [9.17, 15) is 0 Å². The van der Waals surface area contributed by atoms with Crippen molar-refractivity contribution in [2.24, 2.45) is 4.99 Å².